The van der Waals surface area contributed by atoms with Crippen molar-refractivity contribution in [3.05, 3.63) is 24.3 Å². The molecule has 1 N–H and O–H groups in total. The molecule has 37 heavy (non-hydrogen) atoms. The summed E-state index contributed by atoms with van der Waals surface area (Å²) in [5.41, 5.74) is 0.683. The molecule has 6 rings (SSSR count). The van der Waals surface area contributed by atoms with Gasteiger partial charge < -0.3 is 33.7 Å². The summed E-state index contributed by atoms with van der Waals surface area (Å²) in [5, 5.41) is 3.02. The van der Waals surface area contributed by atoms with Crippen LogP contribution in [-0.4, -0.2) is 54.8 Å². The van der Waals surface area contributed by atoms with E-state index >= 15 is 0 Å². The molecule has 1 aromatic rings. The number of fused-ring (bicyclic) bond motifs is 3. The summed E-state index contributed by atoms with van der Waals surface area (Å²) in [6, 6.07) is 7.46. The predicted octanol–water partition coefficient (Wildman–Crippen LogP) is 5.30. The Balaban J connectivity index is 1.17. The number of carbonyl (C=O) groups excluding carboxylic acids is 1. The molecule has 0 bridgehead atoms. The lowest BCUT2D eigenvalue weighted by Gasteiger charge is -2.36. The Labute approximate surface area is 219 Å². The summed E-state index contributed by atoms with van der Waals surface area (Å²) in [4.78, 5) is 13.6. The van der Waals surface area contributed by atoms with Crippen molar-refractivity contribution in [2.45, 2.75) is 127 Å². The van der Waals surface area contributed by atoms with Crippen LogP contribution in [0.2, 0.25) is 0 Å². The average Bonchev–Trinajstić information content (AvgIpc) is 3.43. The van der Waals surface area contributed by atoms with Crippen molar-refractivity contribution in [1.82, 2.24) is 0 Å². The summed E-state index contributed by atoms with van der Waals surface area (Å²) in [6.45, 7) is 5.03. The van der Waals surface area contributed by atoms with Crippen molar-refractivity contribution in [2.24, 2.45) is 5.92 Å². The molecule has 3 heterocycles. The maximum atomic E-state index is 13.6. The fourth-order valence-corrected chi connectivity index (χ4v) is 6.43. The lowest BCUT2D eigenvalue weighted by molar-refractivity contribution is -0.246. The van der Waals surface area contributed by atoms with E-state index in [1.165, 1.54) is 12.8 Å². The zero-order chi connectivity index (χ0) is 25.5. The summed E-state index contributed by atoms with van der Waals surface area (Å²) in [5.74, 6) is -0.177. The molecule has 2 saturated carbocycles. The number of rotatable bonds is 6. The highest BCUT2D eigenvalue weighted by Gasteiger charge is 2.65. The predicted molar refractivity (Wildman–Crippen MR) is 136 cm³/mol. The van der Waals surface area contributed by atoms with Gasteiger partial charge in [-0.3, -0.25) is 4.79 Å². The van der Waals surface area contributed by atoms with Gasteiger partial charge in [0.05, 0.1) is 6.61 Å². The minimum absolute atomic E-state index is 0.258. The zero-order valence-corrected chi connectivity index (χ0v) is 22.1. The first-order valence-corrected chi connectivity index (χ1v) is 14.3. The molecule has 5 aliphatic rings. The van der Waals surface area contributed by atoms with E-state index in [2.05, 4.69) is 19.2 Å². The van der Waals surface area contributed by atoms with E-state index in [0.717, 1.165) is 63.5 Å². The highest BCUT2D eigenvalue weighted by molar-refractivity contribution is 5.94. The number of anilines is 1. The third-order valence-corrected chi connectivity index (χ3v) is 8.45. The highest BCUT2D eigenvalue weighted by Crippen LogP contribution is 2.51. The van der Waals surface area contributed by atoms with E-state index in [1.807, 2.05) is 24.3 Å². The summed E-state index contributed by atoms with van der Waals surface area (Å²) in [7, 11) is 0. The maximum absolute atomic E-state index is 13.6. The largest absolute Gasteiger partial charge is 0.494 e. The van der Waals surface area contributed by atoms with Crippen LogP contribution in [0.3, 0.4) is 0 Å². The SMILES string of the molecule is CC(C)CCOc1ccc(NC(=O)[C@H]2O[C@@H]3OC4(CCCCC4)O[C@@H]3[C@H]3OC4(CCCCC4)O[C@H]32)cc1. The minimum Gasteiger partial charge on any atom is -0.494 e. The van der Waals surface area contributed by atoms with Crippen LogP contribution in [0.15, 0.2) is 24.3 Å². The van der Waals surface area contributed by atoms with E-state index in [9.17, 15) is 4.79 Å². The van der Waals surface area contributed by atoms with Crippen LogP contribution in [0, 0.1) is 5.92 Å². The first-order chi connectivity index (χ1) is 17.9. The Morgan fingerprint density at radius 1 is 0.865 bits per heavy atom. The molecule has 1 aromatic carbocycles. The van der Waals surface area contributed by atoms with Gasteiger partial charge in [-0.15, -0.1) is 0 Å². The molecule has 1 amide bonds. The number of benzene rings is 1. The van der Waals surface area contributed by atoms with Crippen molar-refractivity contribution >= 4 is 11.6 Å². The second kappa shape index (κ2) is 10.5. The summed E-state index contributed by atoms with van der Waals surface area (Å²) >= 11 is 0. The fraction of sp³-hybridized carbons (Fsp3) is 0.759. The molecule has 2 aliphatic carbocycles. The van der Waals surface area contributed by atoms with Crippen LogP contribution in [-0.2, 0) is 28.5 Å². The Morgan fingerprint density at radius 3 is 2.11 bits per heavy atom. The van der Waals surface area contributed by atoms with Gasteiger partial charge in [0.2, 0.25) is 0 Å². The number of amides is 1. The Hall–Kier alpha value is -1.71. The van der Waals surface area contributed by atoms with Gasteiger partial charge >= 0.3 is 0 Å². The van der Waals surface area contributed by atoms with Crippen LogP contribution >= 0.6 is 0 Å². The van der Waals surface area contributed by atoms with Crippen molar-refractivity contribution in [2.75, 3.05) is 11.9 Å². The van der Waals surface area contributed by atoms with E-state index in [4.69, 9.17) is 28.4 Å². The lowest BCUT2D eigenvalue weighted by Crippen LogP contribution is -2.58. The van der Waals surface area contributed by atoms with Gasteiger partial charge in [0.15, 0.2) is 24.0 Å². The molecule has 204 valence electrons. The molecule has 5 atom stereocenters. The van der Waals surface area contributed by atoms with Crippen LogP contribution in [0.4, 0.5) is 5.69 Å². The number of ether oxygens (including phenoxy) is 6. The molecular weight excluding hydrogens is 474 g/mol. The van der Waals surface area contributed by atoms with Gasteiger partial charge in [0, 0.05) is 31.4 Å². The molecule has 0 radical (unpaired) electrons. The van der Waals surface area contributed by atoms with E-state index in [1.54, 1.807) is 0 Å². The molecule has 8 nitrogen and oxygen atoms in total. The van der Waals surface area contributed by atoms with Crippen molar-refractivity contribution < 1.29 is 33.2 Å². The average molecular weight is 516 g/mol. The Bertz CT molecular complexity index is 938. The molecule has 0 unspecified atom stereocenters. The molecular formula is C29H41NO7. The van der Waals surface area contributed by atoms with Gasteiger partial charge in [0.25, 0.3) is 5.91 Å². The number of hydrogen-bond acceptors (Lipinski definition) is 7. The van der Waals surface area contributed by atoms with E-state index in [0.29, 0.717) is 18.2 Å². The number of carbonyl (C=O) groups is 1. The maximum Gasteiger partial charge on any atom is 0.256 e. The van der Waals surface area contributed by atoms with Gasteiger partial charge in [0.1, 0.15) is 24.1 Å². The normalized spacial score (nSPS) is 33.9. The van der Waals surface area contributed by atoms with Crippen molar-refractivity contribution in [3.63, 3.8) is 0 Å². The third kappa shape index (κ3) is 5.28. The van der Waals surface area contributed by atoms with Crippen molar-refractivity contribution in [1.29, 1.82) is 0 Å². The molecule has 0 aromatic heterocycles. The van der Waals surface area contributed by atoms with Crippen LogP contribution in [0.1, 0.15) is 84.5 Å². The molecule has 3 saturated heterocycles. The molecule has 3 aliphatic heterocycles. The number of hydrogen-bond donors (Lipinski definition) is 1. The van der Waals surface area contributed by atoms with Gasteiger partial charge in [-0.25, -0.2) is 0 Å². The molecule has 8 heteroatoms. The zero-order valence-electron chi connectivity index (χ0n) is 22.1. The molecule has 5 fully saturated rings. The minimum atomic E-state index is -0.850. The molecule has 2 spiro atoms. The van der Waals surface area contributed by atoms with Crippen LogP contribution in [0.25, 0.3) is 0 Å². The smallest absolute Gasteiger partial charge is 0.256 e. The van der Waals surface area contributed by atoms with E-state index < -0.39 is 42.3 Å². The van der Waals surface area contributed by atoms with Gasteiger partial charge in [-0.2, -0.15) is 0 Å². The third-order valence-electron chi connectivity index (χ3n) is 8.45. The topological polar surface area (TPSA) is 84.5 Å². The van der Waals surface area contributed by atoms with Crippen LogP contribution in [0.5, 0.6) is 5.75 Å². The first-order valence-electron chi connectivity index (χ1n) is 14.3. The number of nitrogens with one attached hydrogen (secondary N) is 1. The highest BCUT2D eigenvalue weighted by atomic mass is 16.9. The van der Waals surface area contributed by atoms with E-state index in [-0.39, 0.29) is 5.91 Å². The standard InChI is InChI=1S/C29H41NO7/c1-19(2)13-18-32-21-11-9-20(10-12-21)30-26(31)24-22-23(35-28(34-22)14-5-3-6-15-28)25-27(33-24)37-29(36-25)16-7-4-8-17-29/h9-12,19,22-25,27H,3-8,13-18H2,1-2H3,(H,30,31)/t22-,23+,24+,25-,27-/m1/s1. The first kappa shape index (κ1) is 25.6. The van der Waals surface area contributed by atoms with Crippen molar-refractivity contribution in [3.8, 4) is 5.75 Å². The second-order valence-corrected chi connectivity index (χ2v) is 11.8. The second-order valence-electron chi connectivity index (χ2n) is 11.8. The fourth-order valence-electron chi connectivity index (χ4n) is 6.43. The van der Waals surface area contributed by atoms with Gasteiger partial charge in [-0.05, 0) is 62.3 Å². The Kier molecular flexibility index (Phi) is 7.22. The monoisotopic (exact) mass is 515 g/mol. The van der Waals surface area contributed by atoms with Crippen LogP contribution < -0.4 is 10.1 Å². The van der Waals surface area contributed by atoms with Gasteiger partial charge in [-0.1, -0.05) is 26.7 Å². The summed E-state index contributed by atoms with van der Waals surface area (Å²) < 4.78 is 38.3. The lowest BCUT2D eigenvalue weighted by atomic mass is 9.94. The quantitative estimate of drug-likeness (QED) is 0.551. The summed E-state index contributed by atoms with van der Waals surface area (Å²) in [6.07, 6.45) is 8.12. The Morgan fingerprint density at radius 2 is 1.46 bits per heavy atom.